The topological polar surface area (TPSA) is 90.7 Å². The molecule has 0 aliphatic rings. The maximum absolute atomic E-state index is 5.59. The number of hydrogen-bond donors (Lipinski definition) is 1. The SMILES string of the molecule is Cc1cnc(-c2noc(-c3ccnc(CN)c3)n2)c(C)c1. The van der Waals surface area contributed by atoms with Crippen LogP contribution >= 0.6 is 0 Å². The van der Waals surface area contributed by atoms with Gasteiger partial charge in [-0.1, -0.05) is 11.2 Å². The summed E-state index contributed by atoms with van der Waals surface area (Å²) >= 11 is 0. The molecule has 2 N–H and O–H groups in total. The number of nitrogens with two attached hydrogens (primary N) is 1. The van der Waals surface area contributed by atoms with Crippen molar-refractivity contribution in [2.24, 2.45) is 5.73 Å². The van der Waals surface area contributed by atoms with E-state index >= 15 is 0 Å². The lowest BCUT2D eigenvalue weighted by atomic mass is 10.1. The maximum Gasteiger partial charge on any atom is 0.258 e. The Kier molecular flexibility index (Phi) is 3.45. The van der Waals surface area contributed by atoms with Crippen LogP contribution in [0.25, 0.3) is 23.0 Å². The highest BCUT2D eigenvalue weighted by Gasteiger charge is 2.14. The molecule has 3 rings (SSSR count). The molecule has 0 aromatic carbocycles. The third kappa shape index (κ3) is 2.66. The number of rotatable bonds is 3. The van der Waals surface area contributed by atoms with Gasteiger partial charge in [-0.05, 0) is 37.1 Å². The van der Waals surface area contributed by atoms with E-state index in [1.54, 1.807) is 12.4 Å². The summed E-state index contributed by atoms with van der Waals surface area (Å²) < 4.78 is 5.32. The summed E-state index contributed by atoms with van der Waals surface area (Å²) in [6, 6.07) is 5.69. The van der Waals surface area contributed by atoms with Crippen molar-refractivity contribution >= 4 is 0 Å². The minimum absolute atomic E-state index is 0.369. The van der Waals surface area contributed by atoms with E-state index in [2.05, 4.69) is 20.1 Å². The smallest absolute Gasteiger partial charge is 0.258 e. The fraction of sp³-hybridized carbons (Fsp3) is 0.200. The summed E-state index contributed by atoms with van der Waals surface area (Å²) in [4.78, 5) is 12.9. The van der Waals surface area contributed by atoms with Crippen molar-refractivity contribution in [3.63, 3.8) is 0 Å². The van der Waals surface area contributed by atoms with Crippen LogP contribution in [0, 0.1) is 13.8 Å². The Morgan fingerprint density at radius 2 is 2.05 bits per heavy atom. The minimum atomic E-state index is 0.369. The highest BCUT2D eigenvalue weighted by molar-refractivity contribution is 5.59. The second-order valence-electron chi connectivity index (χ2n) is 4.84. The van der Waals surface area contributed by atoms with Crippen LogP contribution in [0.5, 0.6) is 0 Å². The molecule has 0 unspecified atom stereocenters. The van der Waals surface area contributed by atoms with Crippen LogP contribution in [0.3, 0.4) is 0 Å². The second-order valence-corrected chi connectivity index (χ2v) is 4.84. The Balaban J connectivity index is 1.99. The maximum atomic E-state index is 5.59. The van der Waals surface area contributed by atoms with Crippen LogP contribution in [0.1, 0.15) is 16.8 Å². The molecular weight excluding hydrogens is 266 g/mol. The third-order valence-corrected chi connectivity index (χ3v) is 3.13. The summed E-state index contributed by atoms with van der Waals surface area (Å²) in [5, 5.41) is 4.01. The van der Waals surface area contributed by atoms with Crippen molar-refractivity contribution in [2.75, 3.05) is 0 Å². The first-order chi connectivity index (χ1) is 10.2. The molecule has 6 nitrogen and oxygen atoms in total. The van der Waals surface area contributed by atoms with Crippen molar-refractivity contribution in [2.45, 2.75) is 20.4 Å². The number of nitrogens with zero attached hydrogens (tertiary/aromatic N) is 4. The molecule has 3 aromatic heterocycles. The van der Waals surface area contributed by atoms with E-state index in [0.717, 1.165) is 28.1 Å². The molecule has 3 aromatic rings. The summed E-state index contributed by atoms with van der Waals surface area (Å²) in [5.41, 5.74) is 10.0. The van der Waals surface area contributed by atoms with Crippen LogP contribution in [-0.2, 0) is 6.54 Å². The predicted octanol–water partition coefficient (Wildman–Crippen LogP) is 2.27. The number of aryl methyl sites for hydroxylation is 2. The zero-order valence-electron chi connectivity index (χ0n) is 11.9. The number of hydrogen-bond acceptors (Lipinski definition) is 6. The molecule has 106 valence electrons. The zero-order chi connectivity index (χ0) is 14.8. The molecule has 0 bridgehead atoms. The van der Waals surface area contributed by atoms with E-state index in [9.17, 15) is 0 Å². The van der Waals surface area contributed by atoms with Crippen molar-refractivity contribution in [3.8, 4) is 23.0 Å². The van der Waals surface area contributed by atoms with Crippen LogP contribution in [-0.4, -0.2) is 20.1 Å². The van der Waals surface area contributed by atoms with Gasteiger partial charge in [0, 0.05) is 24.5 Å². The Bertz CT molecular complexity index is 781. The Hall–Kier alpha value is -2.60. The van der Waals surface area contributed by atoms with E-state index in [4.69, 9.17) is 10.3 Å². The Labute approximate surface area is 122 Å². The van der Waals surface area contributed by atoms with Gasteiger partial charge in [-0.15, -0.1) is 0 Å². The van der Waals surface area contributed by atoms with Gasteiger partial charge in [0.25, 0.3) is 5.89 Å². The molecule has 0 aliphatic carbocycles. The molecule has 21 heavy (non-hydrogen) atoms. The Morgan fingerprint density at radius 3 is 2.81 bits per heavy atom. The molecule has 0 saturated carbocycles. The average molecular weight is 281 g/mol. The van der Waals surface area contributed by atoms with E-state index in [1.807, 2.05) is 32.0 Å². The highest BCUT2D eigenvalue weighted by atomic mass is 16.5. The van der Waals surface area contributed by atoms with Crippen LogP contribution < -0.4 is 5.73 Å². The van der Waals surface area contributed by atoms with Gasteiger partial charge >= 0.3 is 0 Å². The van der Waals surface area contributed by atoms with Gasteiger partial charge in [-0.2, -0.15) is 4.98 Å². The monoisotopic (exact) mass is 281 g/mol. The highest BCUT2D eigenvalue weighted by Crippen LogP contribution is 2.23. The quantitative estimate of drug-likeness (QED) is 0.792. The normalized spacial score (nSPS) is 10.8. The largest absolute Gasteiger partial charge is 0.334 e. The summed E-state index contributed by atoms with van der Waals surface area (Å²) in [6.07, 6.45) is 3.47. The second kappa shape index (κ2) is 5.41. The van der Waals surface area contributed by atoms with E-state index in [1.165, 1.54) is 0 Å². The van der Waals surface area contributed by atoms with Crippen molar-refractivity contribution in [3.05, 3.63) is 47.4 Å². The molecule has 3 heterocycles. The van der Waals surface area contributed by atoms with Gasteiger partial charge in [0.2, 0.25) is 5.82 Å². The molecule has 0 radical (unpaired) electrons. The summed E-state index contributed by atoms with van der Waals surface area (Å²) in [5.74, 6) is 0.914. The van der Waals surface area contributed by atoms with Gasteiger partial charge in [0.1, 0.15) is 5.69 Å². The van der Waals surface area contributed by atoms with Crippen molar-refractivity contribution in [1.29, 1.82) is 0 Å². The molecule has 0 amide bonds. The van der Waals surface area contributed by atoms with Crippen LogP contribution in [0.4, 0.5) is 0 Å². The zero-order valence-corrected chi connectivity index (χ0v) is 11.9. The molecule has 0 atom stereocenters. The average Bonchev–Trinajstić information content (AvgIpc) is 2.97. The number of pyridine rings is 2. The van der Waals surface area contributed by atoms with Crippen molar-refractivity contribution < 1.29 is 4.52 Å². The summed E-state index contributed by atoms with van der Waals surface area (Å²) in [6.45, 7) is 4.34. The molecule has 0 fully saturated rings. The molecular formula is C15H15N5O. The van der Waals surface area contributed by atoms with Gasteiger partial charge in [0.15, 0.2) is 0 Å². The van der Waals surface area contributed by atoms with Crippen LogP contribution in [0.2, 0.25) is 0 Å². The lowest BCUT2D eigenvalue weighted by molar-refractivity contribution is 0.432. The lowest BCUT2D eigenvalue weighted by Gasteiger charge is -2.00. The van der Waals surface area contributed by atoms with Crippen molar-refractivity contribution in [1.82, 2.24) is 20.1 Å². The third-order valence-electron chi connectivity index (χ3n) is 3.13. The molecule has 0 spiro atoms. The molecule has 0 saturated heterocycles. The predicted molar refractivity (Wildman–Crippen MR) is 78.1 cm³/mol. The van der Waals surface area contributed by atoms with Gasteiger partial charge in [0.05, 0.1) is 5.69 Å². The lowest BCUT2D eigenvalue weighted by Crippen LogP contribution is -1.99. The molecule has 6 heteroatoms. The first-order valence-electron chi connectivity index (χ1n) is 6.60. The number of aromatic nitrogens is 4. The first-order valence-corrected chi connectivity index (χ1v) is 6.60. The van der Waals surface area contributed by atoms with E-state index in [-0.39, 0.29) is 0 Å². The van der Waals surface area contributed by atoms with Gasteiger partial charge < -0.3 is 10.3 Å². The van der Waals surface area contributed by atoms with E-state index in [0.29, 0.717) is 18.3 Å². The summed E-state index contributed by atoms with van der Waals surface area (Å²) in [7, 11) is 0. The van der Waals surface area contributed by atoms with Gasteiger partial charge in [-0.25, -0.2) is 0 Å². The van der Waals surface area contributed by atoms with Crippen LogP contribution in [0.15, 0.2) is 35.1 Å². The van der Waals surface area contributed by atoms with E-state index < -0.39 is 0 Å². The van der Waals surface area contributed by atoms with Gasteiger partial charge in [-0.3, -0.25) is 9.97 Å². The standard InChI is InChI=1S/C15H15N5O/c1-9-5-10(2)13(18-8-9)14-19-15(21-20-14)11-3-4-17-12(6-11)7-16/h3-6,8H,7,16H2,1-2H3. The fourth-order valence-electron chi connectivity index (χ4n) is 2.11. The molecule has 0 aliphatic heterocycles. The minimum Gasteiger partial charge on any atom is -0.334 e. The fourth-order valence-corrected chi connectivity index (χ4v) is 2.11. The first kappa shape index (κ1) is 13.4. The Morgan fingerprint density at radius 1 is 1.19 bits per heavy atom.